The Labute approximate surface area is 166 Å². The van der Waals surface area contributed by atoms with Crippen molar-refractivity contribution < 1.29 is 23.5 Å². The highest BCUT2D eigenvalue weighted by Gasteiger charge is 2.23. The Kier molecular flexibility index (Phi) is 4.90. The van der Waals surface area contributed by atoms with Gasteiger partial charge < -0.3 is 24.1 Å². The number of hydrogen-bond acceptors (Lipinski definition) is 6. The largest absolute Gasteiger partial charge is 0.550 e. The molecule has 0 radical (unpaired) electrons. The first-order valence-electron chi connectivity index (χ1n) is 9.83. The second-order valence-corrected chi connectivity index (χ2v) is 7.61. The highest BCUT2D eigenvalue weighted by Crippen LogP contribution is 2.37. The standard InChI is InChI=1S/C22H23NO6/c1-11-14-9-16-13-5-3-4-6-17(13)28-21(16)12(2)20(14)29-22(27)15(11)10-18(24)23-8-7-19(25)26/h9H,3-8,10H2,1-2H3,(H,23,24)(H,25,26)/p-1. The van der Waals surface area contributed by atoms with Gasteiger partial charge in [0.15, 0.2) is 0 Å². The fourth-order valence-electron chi connectivity index (χ4n) is 4.15. The summed E-state index contributed by atoms with van der Waals surface area (Å²) in [6, 6.07) is 2.00. The predicted octanol–water partition coefficient (Wildman–Crippen LogP) is 1.83. The van der Waals surface area contributed by atoms with Gasteiger partial charge in [0, 0.05) is 47.3 Å². The fraction of sp³-hybridized carbons (Fsp3) is 0.409. The number of carbonyl (C=O) groups is 2. The van der Waals surface area contributed by atoms with E-state index in [-0.39, 0.29) is 24.9 Å². The van der Waals surface area contributed by atoms with Crippen LogP contribution in [0.1, 0.15) is 47.3 Å². The summed E-state index contributed by atoms with van der Waals surface area (Å²) in [5.41, 5.74) is 3.66. The highest BCUT2D eigenvalue weighted by molar-refractivity contribution is 6.00. The maximum Gasteiger partial charge on any atom is 0.340 e. The maximum absolute atomic E-state index is 12.6. The van der Waals surface area contributed by atoms with E-state index in [0.717, 1.165) is 53.4 Å². The van der Waals surface area contributed by atoms with Crippen LogP contribution in [0.5, 0.6) is 0 Å². The van der Waals surface area contributed by atoms with Crippen LogP contribution in [0, 0.1) is 13.8 Å². The zero-order valence-electron chi connectivity index (χ0n) is 16.5. The minimum absolute atomic E-state index is 0.0417. The zero-order chi connectivity index (χ0) is 20.7. The Hall–Kier alpha value is -3.09. The Morgan fingerprint density at radius 3 is 2.55 bits per heavy atom. The lowest BCUT2D eigenvalue weighted by molar-refractivity contribution is -0.305. The molecule has 1 aliphatic carbocycles. The van der Waals surface area contributed by atoms with Gasteiger partial charge in [-0.3, -0.25) is 4.79 Å². The third-order valence-electron chi connectivity index (χ3n) is 5.71. The number of aliphatic carboxylic acids is 1. The molecule has 2 heterocycles. The van der Waals surface area contributed by atoms with Gasteiger partial charge in [0.2, 0.25) is 5.91 Å². The number of fused-ring (bicyclic) bond motifs is 4. The van der Waals surface area contributed by atoms with Crippen molar-refractivity contribution >= 4 is 33.8 Å². The summed E-state index contributed by atoms with van der Waals surface area (Å²) in [6.07, 6.45) is 3.67. The molecule has 1 amide bonds. The summed E-state index contributed by atoms with van der Waals surface area (Å²) in [6.45, 7) is 3.65. The van der Waals surface area contributed by atoms with Crippen molar-refractivity contribution in [3.8, 4) is 0 Å². The van der Waals surface area contributed by atoms with Crippen LogP contribution in [0.2, 0.25) is 0 Å². The number of hydrogen-bond donors (Lipinski definition) is 1. The van der Waals surface area contributed by atoms with Gasteiger partial charge in [0.1, 0.15) is 16.9 Å². The number of carboxylic acids is 1. The molecule has 0 fully saturated rings. The first kappa shape index (κ1) is 19.2. The molecule has 7 heteroatoms. The molecule has 152 valence electrons. The molecule has 4 rings (SSSR count). The van der Waals surface area contributed by atoms with Crippen molar-refractivity contribution in [2.45, 2.75) is 52.4 Å². The van der Waals surface area contributed by atoms with Crippen LogP contribution < -0.4 is 16.0 Å². The Morgan fingerprint density at radius 2 is 1.79 bits per heavy atom. The van der Waals surface area contributed by atoms with Gasteiger partial charge in [-0.1, -0.05) is 0 Å². The van der Waals surface area contributed by atoms with E-state index in [1.165, 1.54) is 5.56 Å². The monoisotopic (exact) mass is 396 g/mol. The second kappa shape index (κ2) is 7.39. The summed E-state index contributed by atoms with van der Waals surface area (Å²) < 4.78 is 11.7. The van der Waals surface area contributed by atoms with E-state index in [1.54, 1.807) is 6.92 Å². The van der Waals surface area contributed by atoms with Crippen molar-refractivity contribution in [2.24, 2.45) is 0 Å². The van der Waals surface area contributed by atoms with E-state index in [2.05, 4.69) is 5.32 Å². The van der Waals surface area contributed by atoms with E-state index < -0.39 is 17.5 Å². The van der Waals surface area contributed by atoms with E-state index in [1.807, 2.05) is 13.0 Å². The van der Waals surface area contributed by atoms with Crippen LogP contribution in [0.15, 0.2) is 19.7 Å². The summed E-state index contributed by atoms with van der Waals surface area (Å²) in [5.74, 6) is -0.661. The minimum Gasteiger partial charge on any atom is -0.550 e. The average Bonchev–Trinajstić information content (AvgIpc) is 3.05. The first-order chi connectivity index (χ1) is 13.9. The molecule has 0 spiro atoms. The summed E-state index contributed by atoms with van der Waals surface area (Å²) in [5, 5.41) is 14.8. The minimum atomic E-state index is -1.24. The molecule has 0 atom stereocenters. The van der Waals surface area contributed by atoms with Crippen LogP contribution in [-0.4, -0.2) is 18.4 Å². The molecule has 0 bridgehead atoms. The predicted molar refractivity (Wildman–Crippen MR) is 105 cm³/mol. The number of furan rings is 1. The molecule has 3 aromatic rings. The van der Waals surface area contributed by atoms with Gasteiger partial charge in [0.05, 0.1) is 12.0 Å². The number of aryl methyl sites for hydroxylation is 4. The molecular formula is C22H22NO6-. The van der Waals surface area contributed by atoms with Crippen LogP contribution in [-0.2, 0) is 28.9 Å². The number of nitrogens with one attached hydrogen (secondary N) is 1. The highest BCUT2D eigenvalue weighted by atomic mass is 16.4. The molecule has 0 saturated carbocycles. The van der Waals surface area contributed by atoms with Crippen LogP contribution in [0.4, 0.5) is 0 Å². The number of carboxylic acid groups (broad SMARTS) is 1. The van der Waals surface area contributed by atoms with Gasteiger partial charge in [-0.05, 0) is 44.7 Å². The fourth-order valence-corrected chi connectivity index (χ4v) is 4.15. The second-order valence-electron chi connectivity index (χ2n) is 7.61. The quantitative estimate of drug-likeness (QED) is 0.659. The molecule has 1 aliphatic rings. The van der Waals surface area contributed by atoms with Gasteiger partial charge in [-0.15, -0.1) is 0 Å². The molecule has 1 aromatic carbocycles. The van der Waals surface area contributed by atoms with Crippen molar-refractivity contribution in [2.75, 3.05) is 6.54 Å². The molecule has 1 N–H and O–H groups in total. The van der Waals surface area contributed by atoms with E-state index >= 15 is 0 Å². The van der Waals surface area contributed by atoms with Crippen LogP contribution in [0.25, 0.3) is 21.9 Å². The molecule has 2 aromatic heterocycles. The summed E-state index contributed by atoms with van der Waals surface area (Å²) in [7, 11) is 0. The zero-order valence-corrected chi connectivity index (χ0v) is 16.5. The Bertz CT molecular complexity index is 1200. The van der Waals surface area contributed by atoms with E-state index in [4.69, 9.17) is 8.83 Å². The smallest absolute Gasteiger partial charge is 0.340 e. The number of benzene rings is 1. The topological polar surface area (TPSA) is 113 Å². The number of amides is 1. The van der Waals surface area contributed by atoms with E-state index in [9.17, 15) is 19.5 Å². The summed E-state index contributed by atoms with van der Waals surface area (Å²) in [4.78, 5) is 35.2. The molecule has 0 aliphatic heterocycles. The van der Waals surface area contributed by atoms with Crippen LogP contribution in [0.3, 0.4) is 0 Å². The average molecular weight is 396 g/mol. The van der Waals surface area contributed by atoms with Crippen molar-refractivity contribution in [3.05, 3.63) is 44.5 Å². The Morgan fingerprint density at radius 1 is 1.07 bits per heavy atom. The molecule has 0 saturated heterocycles. The molecular weight excluding hydrogens is 374 g/mol. The van der Waals surface area contributed by atoms with Crippen molar-refractivity contribution in [1.82, 2.24) is 5.32 Å². The lowest BCUT2D eigenvalue weighted by atomic mass is 9.93. The van der Waals surface area contributed by atoms with Crippen LogP contribution >= 0.6 is 0 Å². The lowest BCUT2D eigenvalue weighted by Crippen LogP contribution is -2.32. The Balaban J connectivity index is 1.77. The van der Waals surface area contributed by atoms with E-state index in [0.29, 0.717) is 11.1 Å². The number of rotatable bonds is 5. The molecule has 0 unspecified atom stereocenters. The van der Waals surface area contributed by atoms with Gasteiger partial charge in [-0.2, -0.15) is 0 Å². The summed E-state index contributed by atoms with van der Waals surface area (Å²) >= 11 is 0. The van der Waals surface area contributed by atoms with Crippen molar-refractivity contribution in [1.29, 1.82) is 0 Å². The normalized spacial score (nSPS) is 13.6. The lowest BCUT2D eigenvalue weighted by Gasteiger charge is -2.11. The third kappa shape index (κ3) is 3.41. The molecule has 29 heavy (non-hydrogen) atoms. The van der Waals surface area contributed by atoms with Gasteiger partial charge in [-0.25, -0.2) is 4.79 Å². The maximum atomic E-state index is 12.6. The third-order valence-corrected chi connectivity index (χ3v) is 5.71. The van der Waals surface area contributed by atoms with Gasteiger partial charge in [0.25, 0.3) is 0 Å². The first-order valence-corrected chi connectivity index (χ1v) is 9.83. The number of carbonyl (C=O) groups excluding carboxylic acids is 2. The van der Waals surface area contributed by atoms with Gasteiger partial charge >= 0.3 is 5.63 Å². The van der Waals surface area contributed by atoms with Crippen molar-refractivity contribution in [3.63, 3.8) is 0 Å². The SMILES string of the molecule is Cc1c(CC(=O)NCCC(=O)[O-])c(=O)oc2c(C)c3oc4c(c3cc12)CCCC4. The molecule has 7 nitrogen and oxygen atoms in total.